The summed E-state index contributed by atoms with van der Waals surface area (Å²) in [5, 5.41) is 0. The number of rotatable bonds is 5. The van der Waals surface area contributed by atoms with E-state index in [1.807, 2.05) is 6.21 Å². The van der Waals surface area contributed by atoms with Gasteiger partial charge in [0.2, 0.25) is 0 Å². The van der Waals surface area contributed by atoms with Gasteiger partial charge in [-0.15, -0.1) is 0 Å². The van der Waals surface area contributed by atoms with Crippen LogP contribution in [0, 0.1) is 5.41 Å². The first-order valence-electron chi connectivity index (χ1n) is 8.59. The lowest BCUT2D eigenvalue weighted by Gasteiger charge is -2.21. The third kappa shape index (κ3) is 5.56. The fourth-order valence-corrected chi connectivity index (χ4v) is 3.86. The van der Waals surface area contributed by atoms with Gasteiger partial charge in [-0.2, -0.15) is 4.40 Å². The van der Waals surface area contributed by atoms with Crippen LogP contribution in [0.1, 0.15) is 96.8 Å². The Kier molecular flexibility index (Phi) is 6.76. The van der Waals surface area contributed by atoms with Crippen molar-refractivity contribution >= 4 is 17.2 Å². The molecule has 0 amide bonds. The van der Waals surface area contributed by atoms with Gasteiger partial charge in [-0.1, -0.05) is 74.4 Å². The van der Waals surface area contributed by atoms with E-state index in [-0.39, 0.29) is 5.41 Å². The summed E-state index contributed by atoms with van der Waals surface area (Å²) in [6.45, 7) is 19.3. The van der Waals surface area contributed by atoms with Crippen molar-refractivity contribution in [3.05, 3.63) is 28.8 Å². The molecule has 2 nitrogen and oxygen atoms in total. The highest BCUT2D eigenvalue weighted by Crippen LogP contribution is 2.34. The summed E-state index contributed by atoms with van der Waals surface area (Å²) >= 11 is 0. The van der Waals surface area contributed by atoms with E-state index in [0.717, 1.165) is 4.90 Å². The van der Waals surface area contributed by atoms with Crippen LogP contribution in [0.5, 0.6) is 0 Å². The SMILES string of the molecule is CC(C)c1cc(C(C)C)c(S(=O)/N=C/C(C)(C)C)c(C(C)C)c1. The molecule has 0 heterocycles. The topological polar surface area (TPSA) is 29.4 Å². The highest BCUT2D eigenvalue weighted by atomic mass is 32.2. The summed E-state index contributed by atoms with van der Waals surface area (Å²) in [6, 6.07) is 4.45. The van der Waals surface area contributed by atoms with Gasteiger partial charge in [0, 0.05) is 6.21 Å². The molecule has 130 valence electrons. The van der Waals surface area contributed by atoms with Crippen LogP contribution in [0.2, 0.25) is 0 Å². The largest absolute Gasteiger partial charge is 0.229 e. The highest BCUT2D eigenvalue weighted by molar-refractivity contribution is 7.84. The molecule has 0 fully saturated rings. The Bertz CT molecular complexity index is 563. The number of nitrogens with zero attached hydrogens (tertiary/aromatic N) is 1. The maximum atomic E-state index is 12.9. The molecule has 0 radical (unpaired) electrons. The van der Waals surface area contributed by atoms with Gasteiger partial charge in [-0.3, -0.25) is 0 Å². The first kappa shape index (κ1) is 20.1. The molecule has 1 atom stereocenters. The lowest BCUT2D eigenvalue weighted by atomic mass is 9.89. The van der Waals surface area contributed by atoms with E-state index in [1.165, 1.54) is 16.7 Å². The van der Waals surface area contributed by atoms with Crippen molar-refractivity contribution in [2.24, 2.45) is 9.81 Å². The number of benzene rings is 1. The molecule has 1 aromatic carbocycles. The number of hydrogen-bond acceptors (Lipinski definition) is 1. The van der Waals surface area contributed by atoms with Crippen molar-refractivity contribution in [3.63, 3.8) is 0 Å². The van der Waals surface area contributed by atoms with E-state index >= 15 is 0 Å². The molecular formula is C20H33NOS. The Morgan fingerprint density at radius 1 is 0.913 bits per heavy atom. The molecule has 0 aliphatic heterocycles. The Hall–Kier alpha value is -0.960. The zero-order valence-corrected chi connectivity index (χ0v) is 17.0. The average molecular weight is 336 g/mol. The van der Waals surface area contributed by atoms with Gasteiger partial charge in [0.25, 0.3) is 0 Å². The Labute approximate surface area is 145 Å². The summed E-state index contributed by atoms with van der Waals surface area (Å²) in [4.78, 5) is 0.917. The van der Waals surface area contributed by atoms with Gasteiger partial charge >= 0.3 is 0 Å². The second-order valence-corrected chi connectivity index (χ2v) is 9.46. The predicted octanol–water partition coefficient (Wildman–Crippen LogP) is 6.20. The number of hydrogen-bond donors (Lipinski definition) is 0. The van der Waals surface area contributed by atoms with Gasteiger partial charge in [0.15, 0.2) is 11.0 Å². The zero-order chi connectivity index (χ0) is 17.9. The molecule has 1 rings (SSSR count). The van der Waals surface area contributed by atoms with Crippen LogP contribution in [0.3, 0.4) is 0 Å². The molecule has 0 saturated heterocycles. The van der Waals surface area contributed by atoms with Crippen LogP contribution in [0.15, 0.2) is 21.4 Å². The van der Waals surface area contributed by atoms with Crippen LogP contribution >= 0.6 is 0 Å². The van der Waals surface area contributed by atoms with E-state index < -0.39 is 11.0 Å². The third-order valence-electron chi connectivity index (χ3n) is 3.79. The molecule has 1 aromatic rings. The van der Waals surface area contributed by atoms with Crippen molar-refractivity contribution in [2.75, 3.05) is 0 Å². The Morgan fingerprint density at radius 2 is 1.35 bits per heavy atom. The molecule has 1 unspecified atom stereocenters. The van der Waals surface area contributed by atoms with E-state index in [2.05, 4.69) is 78.8 Å². The third-order valence-corrected chi connectivity index (χ3v) is 4.91. The molecular weight excluding hydrogens is 302 g/mol. The lowest BCUT2D eigenvalue weighted by Crippen LogP contribution is -2.10. The molecule has 0 spiro atoms. The molecule has 0 N–H and O–H groups in total. The van der Waals surface area contributed by atoms with Gasteiger partial charge < -0.3 is 0 Å². The maximum Gasteiger partial charge on any atom is 0.172 e. The minimum atomic E-state index is -1.35. The van der Waals surface area contributed by atoms with E-state index in [0.29, 0.717) is 17.8 Å². The molecule has 23 heavy (non-hydrogen) atoms. The van der Waals surface area contributed by atoms with E-state index in [1.54, 1.807) is 0 Å². The van der Waals surface area contributed by atoms with Crippen LogP contribution in [0.4, 0.5) is 0 Å². The first-order chi connectivity index (χ1) is 10.4. The molecule has 0 aliphatic carbocycles. The molecule has 0 bridgehead atoms. The van der Waals surface area contributed by atoms with Crippen LogP contribution in [-0.2, 0) is 11.0 Å². The van der Waals surface area contributed by atoms with Crippen molar-refractivity contribution in [1.29, 1.82) is 0 Å². The summed E-state index contributed by atoms with van der Waals surface area (Å²) < 4.78 is 17.3. The summed E-state index contributed by atoms with van der Waals surface area (Å²) in [5.41, 5.74) is 3.59. The first-order valence-corrected chi connectivity index (χ1v) is 9.69. The van der Waals surface area contributed by atoms with Crippen molar-refractivity contribution in [2.45, 2.75) is 85.0 Å². The van der Waals surface area contributed by atoms with Gasteiger partial charge in [0.1, 0.15) is 0 Å². The Balaban J connectivity index is 3.55. The molecule has 0 aromatic heterocycles. The quantitative estimate of drug-likeness (QED) is 0.589. The van der Waals surface area contributed by atoms with E-state index in [9.17, 15) is 4.21 Å². The lowest BCUT2D eigenvalue weighted by molar-refractivity contribution is 0.607. The minimum absolute atomic E-state index is 0.0660. The normalized spacial score (nSPS) is 14.4. The fraction of sp³-hybridized carbons (Fsp3) is 0.650. The van der Waals surface area contributed by atoms with Crippen molar-refractivity contribution in [3.8, 4) is 0 Å². The van der Waals surface area contributed by atoms with Gasteiger partial charge in [-0.05, 0) is 39.9 Å². The molecule has 3 heteroatoms. The van der Waals surface area contributed by atoms with Crippen LogP contribution < -0.4 is 0 Å². The minimum Gasteiger partial charge on any atom is -0.229 e. The van der Waals surface area contributed by atoms with Crippen molar-refractivity contribution < 1.29 is 4.21 Å². The predicted molar refractivity (Wildman–Crippen MR) is 103 cm³/mol. The smallest absolute Gasteiger partial charge is 0.172 e. The van der Waals surface area contributed by atoms with Gasteiger partial charge in [-0.25, -0.2) is 4.21 Å². The van der Waals surface area contributed by atoms with Crippen LogP contribution in [-0.4, -0.2) is 10.4 Å². The summed E-state index contributed by atoms with van der Waals surface area (Å²) in [5.74, 6) is 1.12. The standard InChI is InChI=1S/C20H33NOS/c1-13(2)16-10-17(14(3)4)19(18(11-16)15(5)6)23(22)21-12-20(7,8)9/h10-15H,1-9H3/b21-12+. The average Bonchev–Trinajstić information content (AvgIpc) is 2.42. The van der Waals surface area contributed by atoms with Crippen LogP contribution in [0.25, 0.3) is 0 Å². The molecule has 0 saturated carbocycles. The molecule has 0 aliphatic rings. The summed E-state index contributed by atoms with van der Waals surface area (Å²) in [7, 11) is -1.35. The summed E-state index contributed by atoms with van der Waals surface area (Å²) in [6.07, 6.45) is 1.81. The highest BCUT2D eigenvalue weighted by Gasteiger charge is 2.21. The maximum absolute atomic E-state index is 12.9. The van der Waals surface area contributed by atoms with Crippen molar-refractivity contribution in [1.82, 2.24) is 0 Å². The monoisotopic (exact) mass is 335 g/mol. The zero-order valence-electron chi connectivity index (χ0n) is 16.2. The second-order valence-electron chi connectivity index (χ2n) is 8.34. The Morgan fingerprint density at radius 3 is 1.65 bits per heavy atom. The second kappa shape index (κ2) is 7.74. The van der Waals surface area contributed by atoms with E-state index in [4.69, 9.17) is 0 Å². The fourth-order valence-electron chi connectivity index (χ4n) is 2.35. The van der Waals surface area contributed by atoms with Gasteiger partial charge in [0.05, 0.1) is 4.90 Å².